The molecule has 118 valence electrons. The SMILES string of the molecule is O=[N+]([O-])c1ccc(Cn2nncc2COC[B-](F)(F)F)cc1. The summed E-state index contributed by atoms with van der Waals surface area (Å²) in [5, 5.41) is 17.9. The van der Waals surface area contributed by atoms with E-state index in [0.717, 1.165) is 0 Å². The lowest BCUT2D eigenvalue weighted by Gasteiger charge is -2.14. The first-order valence-electron chi connectivity index (χ1n) is 6.24. The van der Waals surface area contributed by atoms with Gasteiger partial charge in [0.1, 0.15) is 0 Å². The van der Waals surface area contributed by atoms with Crippen LogP contribution in [0.4, 0.5) is 18.6 Å². The number of ether oxygens (including phenoxy) is 1. The molecule has 0 radical (unpaired) electrons. The predicted molar refractivity (Wildman–Crippen MR) is 71.0 cm³/mol. The standard InChI is InChI=1S/C11H11BF3N4O3/c13-12(14,15)8-22-7-11-5-16-17-18(11)6-9-1-3-10(4-2-9)19(20)21/h1-5H,6-8H2/q-1. The predicted octanol–water partition coefficient (Wildman–Crippen LogP) is 2.14. The smallest absolute Gasteiger partial charge is 0.447 e. The highest BCUT2D eigenvalue weighted by Gasteiger charge is 2.23. The molecule has 0 fully saturated rings. The summed E-state index contributed by atoms with van der Waals surface area (Å²) in [6, 6.07) is 5.77. The molecule has 0 amide bonds. The van der Waals surface area contributed by atoms with Crippen molar-refractivity contribution in [3.8, 4) is 0 Å². The summed E-state index contributed by atoms with van der Waals surface area (Å²) in [6.07, 6.45) is 1.31. The first-order valence-corrected chi connectivity index (χ1v) is 6.24. The molecule has 0 N–H and O–H groups in total. The van der Waals surface area contributed by atoms with Crippen molar-refractivity contribution in [3.05, 3.63) is 51.8 Å². The molecule has 0 saturated carbocycles. The van der Waals surface area contributed by atoms with Crippen molar-refractivity contribution in [1.29, 1.82) is 0 Å². The molecular formula is C11H11BF3N4O3-. The summed E-state index contributed by atoms with van der Waals surface area (Å²) in [4.78, 5) is 10.0. The van der Waals surface area contributed by atoms with Crippen molar-refractivity contribution in [3.63, 3.8) is 0 Å². The third kappa shape index (κ3) is 4.55. The Morgan fingerprint density at radius 1 is 1.27 bits per heavy atom. The Morgan fingerprint density at radius 3 is 2.55 bits per heavy atom. The van der Waals surface area contributed by atoms with E-state index in [1.807, 2.05) is 0 Å². The molecular weight excluding hydrogens is 304 g/mol. The molecule has 0 aliphatic carbocycles. The zero-order valence-corrected chi connectivity index (χ0v) is 11.2. The minimum atomic E-state index is -5.00. The molecule has 2 rings (SSSR count). The van der Waals surface area contributed by atoms with E-state index in [-0.39, 0.29) is 18.8 Å². The van der Waals surface area contributed by atoms with Crippen LogP contribution in [0.3, 0.4) is 0 Å². The van der Waals surface area contributed by atoms with Crippen LogP contribution >= 0.6 is 0 Å². The molecule has 11 heteroatoms. The number of halogens is 3. The van der Waals surface area contributed by atoms with E-state index >= 15 is 0 Å². The Morgan fingerprint density at radius 2 is 1.95 bits per heavy atom. The van der Waals surface area contributed by atoms with Crippen LogP contribution in [0.1, 0.15) is 11.3 Å². The summed E-state index contributed by atoms with van der Waals surface area (Å²) < 4.78 is 42.2. The number of rotatable bonds is 7. The van der Waals surface area contributed by atoms with Gasteiger partial charge in [0.05, 0.1) is 30.0 Å². The van der Waals surface area contributed by atoms with Crippen LogP contribution < -0.4 is 0 Å². The van der Waals surface area contributed by atoms with E-state index in [2.05, 4.69) is 15.0 Å². The second-order valence-corrected chi connectivity index (χ2v) is 4.53. The number of hydrogen-bond donors (Lipinski definition) is 0. The number of nitro groups is 1. The topological polar surface area (TPSA) is 83.1 Å². The Hall–Kier alpha value is -2.43. The van der Waals surface area contributed by atoms with Crippen LogP contribution in [0, 0.1) is 10.1 Å². The fourth-order valence-corrected chi connectivity index (χ4v) is 1.72. The second kappa shape index (κ2) is 6.56. The summed E-state index contributed by atoms with van der Waals surface area (Å²) >= 11 is 0. The zero-order valence-electron chi connectivity index (χ0n) is 11.2. The molecule has 22 heavy (non-hydrogen) atoms. The lowest BCUT2D eigenvalue weighted by atomic mass is 9.95. The van der Waals surface area contributed by atoms with Crippen LogP contribution in [0.2, 0.25) is 0 Å². The van der Waals surface area contributed by atoms with Crippen molar-refractivity contribution in [2.45, 2.75) is 13.2 Å². The van der Waals surface area contributed by atoms with Gasteiger partial charge in [0, 0.05) is 18.6 Å². The molecule has 0 spiro atoms. The van der Waals surface area contributed by atoms with Crippen molar-refractivity contribution in [1.82, 2.24) is 15.0 Å². The number of benzene rings is 1. The summed E-state index contributed by atoms with van der Waals surface area (Å²) in [6.45, 7) is -6.32. The van der Waals surface area contributed by atoms with Gasteiger partial charge < -0.3 is 17.7 Å². The Labute approximate surface area is 122 Å². The minimum absolute atomic E-state index is 0.0432. The van der Waals surface area contributed by atoms with Gasteiger partial charge >= 0.3 is 6.98 Å². The number of hydrogen-bond acceptors (Lipinski definition) is 5. The van der Waals surface area contributed by atoms with Crippen molar-refractivity contribution in [2.24, 2.45) is 0 Å². The summed E-state index contributed by atoms with van der Waals surface area (Å²) in [5.74, 6) is 0. The molecule has 1 heterocycles. The quantitative estimate of drug-likeness (QED) is 0.444. The van der Waals surface area contributed by atoms with Crippen LogP contribution in [0.5, 0.6) is 0 Å². The third-order valence-corrected chi connectivity index (χ3v) is 2.73. The van der Waals surface area contributed by atoms with Crippen LogP contribution in [-0.2, 0) is 17.9 Å². The molecule has 0 unspecified atom stereocenters. The van der Waals surface area contributed by atoms with Gasteiger partial charge in [-0.1, -0.05) is 17.3 Å². The maximum absolute atomic E-state index is 12.1. The van der Waals surface area contributed by atoms with E-state index < -0.39 is 18.4 Å². The summed E-state index contributed by atoms with van der Waals surface area (Å²) in [5.41, 5.74) is 1.05. The van der Waals surface area contributed by atoms with Crippen LogP contribution in [0.25, 0.3) is 0 Å². The maximum atomic E-state index is 12.1. The van der Waals surface area contributed by atoms with Crippen molar-refractivity contribution >= 4 is 12.7 Å². The number of non-ortho nitro benzene ring substituents is 1. The van der Waals surface area contributed by atoms with Gasteiger partial charge in [0.15, 0.2) is 0 Å². The molecule has 0 saturated heterocycles. The molecule has 2 aromatic rings. The molecule has 0 aliphatic rings. The van der Waals surface area contributed by atoms with E-state index in [4.69, 9.17) is 0 Å². The highest BCUT2D eigenvalue weighted by Crippen LogP contribution is 2.14. The van der Waals surface area contributed by atoms with Gasteiger partial charge in [0.2, 0.25) is 0 Å². The third-order valence-electron chi connectivity index (χ3n) is 2.73. The van der Waals surface area contributed by atoms with Gasteiger partial charge in [-0.25, -0.2) is 4.68 Å². The fourth-order valence-electron chi connectivity index (χ4n) is 1.72. The van der Waals surface area contributed by atoms with Crippen LogP contribution in [0.15, 0.2) is 30.5 Å². The van der Waals surface area contributed by atoms with Gasteiger partial charge in [-0.2, -0.15) is 0 Å². The Kier molecular flexibility index (Phi) is 4.76. The van der Waals surface area contributed by atoms with Crippen LogP contribution in [-0.4, -0.2) is 33.4 Å². The van der Waals surface area contributed by atoms with Crippen molar-refractivity contribution < 1.29 is 22.6 Å². The Bertz CT molecular complexity index is 645. The van der Waals surface area contributed by atoms with Gasteiger partial charge in [-0.15, -0.1) is 5.10 Å². The lowest BCUT2D eigenvalue weighted by Crippen LogP contribution is -2.24. The van der Waals surface area contributed by atoms with E-state index in [1.54, 1.807) is 12.1 Å². The second-order valence-electron chi connectivity index (χ2n) is 4.53. The fraction of sp³-hybridized carbons (Fsp3) is 0.273. The molecule has 1 aromatic heterocycles. The highest BCUT2D eigenvalue weighted by molar-refractivity contribution is 6.58. The first-order chi connectivity index (χ1) is 10.3. The highest BCUT2D eigenvalue weighted by atomic mass is 19.4. The molecule has 0 aliphatic heterocycles. The summed E-state index contributed by atoms with van der Waals surface area (Å²) in [7, 11) is 0. The van der Waals surface area contributed by atoms with Gasteiger partial charge in [-0.05, 0) is 5.56 Å². The number of aromatic nitrogens is 3. The Balaban J connectivity index is 1.98. The molecule has 0 atom stereocenters. The lowest BCUT2D eigenvalue weighted by molar-refractivity contribution is -0.384. The average Bonchev–Trinajstić information content (AvgIpc) is 2.85. The zero-order chi connectivity index (χ0) is 16.2. The minimum Gasteiger partial charge on any atom is -0.447 e. The number of nitrogens with zero attached hydrogens (tertiary/aromatic N) is 4. The largest absolute Gasteiger partial charge is 0.503 e. The number of nitro benzene ring substituents is 1. The first kappa shape index (κ1) is 16.0. The molecule has 0 bridgehead atoms. The van der Waals surface area contributed by atoms with E-state index in [0.29, 0.717) is 11.3 Å². The molecule has 7 nitrogen and oxygen atoms in total. The van der Waals surface area contributed by atoms with Crippen molar-refractivity contribution in [2.75, 3.05) is 6.51 Å². The van der Waals surface area contributed by atoms with E-state index in [1.165, 1.54) is 23.0 Å². The molecule has 1 aromatic carbocycles. The van der Waals surface area contributed by atoms with E-state index in [9.17, 15) is 23.1 Å². The average molecular weight is 315 g/mol. The maximum Gasteiger partial charge on any atom is 0.503 e. The van der Waals surface area contributed by atoms with Gasteiger partial charge in [0.25, 0.3) is 5.69 Å². The van der Waals surface area contributed by atoms with Gasteiger partial charge in [-0.3, -0.25) is 10.1 Å². The normalized spacial score (nSPS) is 11.6. The monoisotopic (exact) mass is 315 g/mol.